The number of nitrogens with one attached hydrogen (secondary N) is 1. The highest BCUT2D eigenvalue weighted by molar-refractivity contribution is 5.80. The van der Waals surface area contributed by atoms with Crippen molar-refractivity contribution in [3.8, 4) is 11.8 Å². The van der Waals surface area contributed by atoms with E-state index in [2.05, 4.69) is 20.1 Å². The summed E-state index contributed by atoms with van der Waals surface area (Å²) >= 11 is 0. The summed E-state index contributed by atoms with van der Waals surface area (Å²) in [6.45, 7) is 0. The minimum absolute atomic E-state index is 0.131. The van der Waals surface area contributed by atoms with Gasteiger partial charge in [0, 0.05) is 24.7 Å². The summed E-state index contributed by atoms with van der Waals surface area (Å²) in [6.07, 6.45) is 4.86. The Labute approximate surface area is 124 Å². The number of aromatic nitrogens is 5. The van der Waals surface area contributed by atoms with E-state index in [1.807, 2.05) is 19.2 Å². The fraction of sp³-hybridized carbons (Fsp3) is 0.0667. The Kier molecular flexibility index (Phi) is 2.65. The van der Waals surface area contributed by atoms with Crippen LogP contribution in [-0.4, -0.2) is 24.7 Å². The molecular formula is C15H11N5O2. The van der Waals surface area contributed by atoms with Crippen molar-refractivity contribution in [2.24, 2.45) is 7.05 Å². The summed E-state index contributed by atoms with van der Waals surface area (Å²) < 4.78 is 7.42. The smallest absolute Gasteiger partial charge is 0.302 e. The normalized spacial score (nSPS) is 11.1. The molecule has 0 aliphatic heterocycles. The van der Waals surface area contributed by atoms with Gasteiger partial charge in [0.2, 0.25) is 0 Å². The van der Waals surface area contributed by atoms with Crippen LogP contribution in [0.4, 0.5) is 0 Å². The van der Waals surface area contributed by atoms with Gasteiger partial charge >= 0.3 is 6.01 Å². The van der Waals surface area contributed by atoms with Gasteiger partial charge in [0.15, 0.2) is 0 Å². The van der Waals surface area contributed by atoms with Crippen molar-refractivity contribution in [1.29, 1.82) is 0 Å². The highest BCUT2D eigenvalue weighted by atomic mass is 16.5. The molecule has 1 N–H and O–H groups in total. The van der Waals surface area contributed by atoms with E-state index in [0.29, 0.717) is 16.7 Å². The summed E-state index contributed by atoms with van der Waals surface area (Å²) in [5, 5.41) is 5.67. The lowest BCUT2D eigenvalue weighted by atomic mass is 10.2. The minimum atomic E-state index is -0.260. The molecule has 0 atom stereocenters. The molecule has 0 fully saturated rings. The molecule has 22 heavy (non-hydrogen) atoms. The number of ether oxygens (including phenoxy) is 1. The predicted octanol–water partition coefficient (Wildman–Crippen LogP) is 2.00. The molecule has 108 valence electrons. The van der Waals surface area contributed by atoms with E-state index in [4.69, 9.17) is 4.74 Å². The Balaban J connectivity index is 1.78. The van der Waals surface area contributed by atoms with E-state index in [1.54, 1.807) is 29.2 Å². The average Bonchev–Trinajstić information content (AvgIpc) is 2.89. The van der Waals surface area contributed by atoms with E-state index in [1.165, 1.54) is 6.20 Å². The van der Waals surface area contributed by atoms with Gasteiger partial charge in [-0.2, -0.15) is 10.1 Å². The molecule has 0 amide bonds. The summed E-state index contributed by atoms with van der Waals surface area (Å²) in [5.41, 5.74) is 1.16. The zero-order valence-corrected chi connectivity index (χ0v) is 11.6. The van der Waals surface area contributed by atoms with Crippen LogP contribution in [0.5, 0.6) is 11.8 Å². The van der Waals surface area contributed by atoms with E-state index in [0.717, 1.165) is 10.9 Å². The largest absolute Gasteiger partial charge is 0.425 e. The zero-order chi connectivity index (χ0) is 15.1. The van der Waals surface area contributed by atoms with Gasteiger partial charge in [0.05, 0.1) is 28.8 Å². The number of hydrogen-bond acceptors (Lipinski definition) is 5. The van der Waals surface area contributed by atoms with E-state index < -0.39 is 0 Å². The van der Waals surface area contributed by atoms with Crippen LogP contribution in [0.25, 0.3) is 21.8 Å². The fourth-order valence-corrected chi connectivity index (χ4v) is 2.32. The molecule has 7 heteroatoms. The zero-order valence-electron chi connectivity index (χ0n) is 11.6. The SMILES string of the molecule is Cn1ncc2ccc(Oc3nc4cnccc4c(=O)[nH]3)cc21. The molecule has 0 unspecified atom stereocenters. The van der Waals surface area contributed by atoms with Crippen molar-refractivity contribution in [3.63, 3.8) is 0 Å². The molecule has 4 aromatic rings. The summed E-state index contributed by atoms with van der Waals surface area (Å²) in [7, 11) is 1.86. The van der Waals surface area contributed by atoms with Crippen LogP contribution < -0.4 is 10.3 Å². The number of pyridine rings is 1. The number of benzene rings is 1. The first-order chi connectivity index (χ1) is 10.7. The number of aromatic amines is 1. The number of fused-ring (bicyclic) bond motifs is 2. The summed E-state index contributed by atoms with van der Waals surface area (Å²) in [6, 6.07) is 7.30. The predicted molar refractivity (Wildman–Crippen MR) is 80.9 cm³/mol. The molecule has 0 bridgehead atoms. The van der Waals surface area contributed by atoms with Gasteiger partial charge in [-0.05, 0) is 18.2 Å². The van der Waals surface area contributed by atoms with Crippen LogP contribution in [0.15, 0.2) is 47.7 Å². The third-order valence-electron chi connectivity index (χ3n) is 3.42. The topological polar surface area (TPSA) is 85.7 Å². The molecule has 4 rings (SSSR count). The van der Waals surface area contributed by atoms with Crippen LogP contribution in [0.3, 0.4) is 0 Å². The van der Waals surface area contributed by atoms with Crippen molar-refractivity contribution in [2.75, 3.05) is 0 Å². The number of rotatable bonds is 2. The lowest BCUT2D eigenvalue weighted by Crippen LogP contribution is -2.09. The van der Waals surface area contributed by atoms with Gasteiger partial charge in [0.25, 0.3) is 5.56 Å². The maximum Gasteiger partial charge on any atom is 0.302 e. The Hall–Kier alpha value is -3.22. The number of H-pyrrole nitrogens is 1. The monoisotopic (exact) mass is 293 g/mol. The van der Waals surface area contributed by atoms with Crippen molar-refractivity contribution in [3.05, 3.63) is 53.2 Å². The van der Waals surface area contributed by atoms with Crippen LogP contribution in [0.1, 0.15) is 0 Å². The molecule has 3 heterocycles. The second-order valence-electron chi connectivity index (χ2n) is 4.85. The van der Waals surface area contributed by atoms with Gasteiger partial charge in [-0.25, -0.2) is 0 Å². The average molecular weight is 293 g/mol. The van der Waals surface area contributed by atoms with Gasteiger partial charge in [0.1, 0.15) is 5.75 Å². The van der Waals surface area contributed by atoms with Gasteiger partial charge in [-0.15, -0.1) is 0 Å². The maximum atomic E-state index is 12.0. The highest BCUT2D eigenvalue weighted by Crippen LogP contribution is 2.23. The first-order valence-corrected chi connectivity index (χ1v) is 6.64. The molecule has 1 aromatic carbocycles. The Morgan fingerprint density at radius 1 is 1.23 bits per heavy atom. The molecule has 0 saturated heterocycles. The Morgan fingerprint density at radius 2 is 2.14 bits per heavy atom. The van der Waals surface area contributed by atoms with Crippen LogP contribution in [0, 0.1) is 0 Å². The van der Waals surface area contributed by atoms with Gasteiger partial charge < -0.3 is 4.74 Å². The standard InChI is InChI=1S/C15H11N5O2/c1-20-13-6-10(3-2-9(13)7-17-20)22-15-18-12-8-16-5-4-11(12)14(21)19-15/h2-8H,1H3,(H,18,19,21). The first-order valence-electron chi connectivity index (χ1n) is 6.64. The molecule has 0 aliphatic carbocycles. The lowest BCUT2D eigenvalue weighted by molar-refractivity contribution is 0.443. The van der Waals surface area contributed by atoms with Crippen molar-refractivity contribution < 1.29 is 4.74 Å². The summed E-state index contributed by atoms with van der Waals surface area (Å²) in [4.78, 5) is 22.8. The number of hydrogen-bond donors (Lipinski definition) is 1. The maximum absolute atomic E-state index is 12.0. The number of aryl methyl sites for hydroxylation is 1. The van der Waals surface area contributed by atoms with Crippen molar-refractivity contribution in [2.45, 2.75) is 0 Å². The van der Waals surface area contributed by atoms with Gasteiger partial charge in [-0.3, -0.25) is 19.4 Å². The first kappa shape index (κ1) is 12.5. The summed E-state index contributed by atoms with van der Waals surface area (Å²) in [5.74, 6) is 0.572. The van der Waals surface area contributed by atoms with Crippen molar-refractivity contribution in [1.82, 2.24) is 24.7 Å². The van der Waals surface area contributed by atoms with Crippen molar-refractivity contribution >= 4 is 21.8 Å². The molecule has 0 spiro atoms. The van der Waals surface area contributed by atoms with E-state index in [-0.39, 0.29) is 11.6 Å². The Bertz CT molecular complexity index is 1050. The molecule has 0 aliphatic rings. The molecular weight excluding hydrogens is 282 g/mol. The third kappa shape index (κ3) is 1.99. The lowest BCUT2D eigenvalue weighted by Gasteiger charge is -2.05. The molecule has 0 saturated carbocycles. The Morgan fingerprint density at radius 3 is 3.05 bits per heavy atom. The van der Waals surface area contributed by atoms with Crippen LogP contribution in [-0.2, 0) is 7.05 Å². The van der Waals surface area contributed by atoms with E-state index in [9.17, 15) is 4.79 Å². The van der Waals surface area contributed by atoms with Crippen LogP contribution in [0.2, 0.25) is 0 Å². The minimum Gasteiger partial charge on any atom is -0.425 e. The fourth-order valence-electron chi connectivity index (χ4n) is 2.32. The van der Waals surface area contributed by atoms with E-state index >= 15 is 0 Å². The second-order valence-corrected chi connectivity index (χ2v) is 4.85. The molecule has 7 nitrogen and oxygen atoms in total. The molecule has 3 aromatic heterocycles. The second kappa shape index (κ2) is 4.66. The highest BCUT2D eigenvalue weighted by Gasteiger charge is 2.07. The van der Waals surface area contributed by atoms with Gasteiger partial charge in [-0.1, -0.05) is 0 Å². The number of nitrogens with zero attached hydrogens (tertiary/aromatic N) is 4. The third-order valence-corrected chi connectivity index (χ3v) is 3.42. The quantitative estimate of drug-likeness (QED) is 0.611. The van der Waals surface area contributed by atoms with Crippen LogP contribution >= 0.6 is 0 Å². The molecule has 0 radical (unpaired) electrons.